The molecule has 0 aromatic carbocycles. The van der Waals surface area contributed by atoms with Crippen molar-refractivity contribution in [2.45, 2.75) is 13.0 Å². The average Bonchev–Trinajstić information content (AvgIpc) is 2.36. The van der Waals surface area contributed by atoms with Gasteiger partial charge in [-0.2, -0.15) is 0 Å². The summed E-state index contributed by atoms with van der Waals surface area (Å²) in [5.41, 5.74) is 5.33. The first kappa shape index (κ1) is 8.00. The van der Waals surface area contributed by atoms with Crippen LogP contribution in [0.3, 0.4) is 0 Å². The smallest absolute Gasteiger partial charge is 0.239 e. The van der Waals surface area contributed by atoms with E-state index >= 15 is 0 Å². The zero-order valence-electron chi connectivity index (χ0n) is 6.69. The quantitative estimate of drug-likeness (QED) is 0.672. The Morgan fingerprint density at radius 3 is 3.00 bits per heavy atom. The van der Waals surface area contributed by atoms with Crippen molar-refractivity contribution in [1.29, 1.82) is 0 Å². The van der Waals surface area contributed by atoms with Gasteiger partial charge in [0.25, 0.3) is 0 Å². The van der Waals surface area contributed by atoms with E-state index in [0.29, 0.717) is 12.6 Å². The maximum atomic E-state index is 5.33. The number of ether oxygens (including phenoxy) is 1. The van der Waals surface area contributed by atoms with Gasteiger partial charge in [-0.3, -0.25) is 0 Å². The Hall–Kier alpha value is -1.10. The number of methoxy groups -OCH3 is 1. The van der Waals surface area contributed by atoms with E-state index in [0.717, 1.165) is 0 Å². The molecule has 0 radical (unpaired) electrons. The fourth-order valence-electron chi connectivity index (χ4n) is 0.818. The van der Waals surface area contributed by atoms with Gasteiger partial charge in [-0.25, -0.2) is 9.67 Å². The number of hydrogen-bond acceptors (Lipinski definition) is 4. The SMILES string of the molecule is COCC(C)n1cnc(N)n1. The number of aromatic nitrogens is 3. The average molecular weight is 156 g/mol. The molecule has 5 heteroatoms. The maximum Gasteiger partial charge on any atom is 0.239 e. The zero-order valence-corrected chi connectivity index (χ0v) is 6.69. The summed E-state index contributed by atoms with van der Waals surface area (Å²) < 4.78 is 6.62. The highest BCUT2D eigenvalue weighted by atomic mass is 16.5. The van der Waals surface area contributed by atoms with Gasteiger partial charge in [0.1, 0.15) is 6.33 Å². The lowest BCUT2D eigenvalue weighted by atomic mass is 10.4. The monoisotopic (exact) mass is 156 g/mol. The number of anilines is 1. The summed E-state index contributed by atoms with van der Waals surface area (Å²) in [7, 11) is 1.65. The summed E-state index contributed by atoms with van der Waals surface area (Å²) in [5, 5.41) is 3.93. The van der Waals surface area contributed by atoms with E-state index in [1.807, 2.05) is 6.92 Å². The van der Waals surface area contributed by atoms with Crippen molar-refractivity contribution in [2.24, 2.45) is 0 Å². The summed E-state index contributed by atoms with van der Waals surface area (Å²) in [6.07, 6.45) is 1.60. The van der Waals surface area contributed by atoms with Gasteiger partial charge in [0.2, 0.25) is 5.95 Å². The van der Waals surface area contributed by atoms with Crippen LogP contribution in [-0.4, -0.2) is 28.5 Å². The highest BCUT2D eigenvalue weighted by Gasteiger charge is 2.04. The van der Waals surface area contributed by atoms with Crippen LogP contribution in [0, 0.1) is 0 Å². The summed E-state index contributed by atoms with van der Waals surface area (Å²) >= 11 is 0. The first-order chi connectivity index (χ1) is 5.24. The van der Waals surface area contributed by atoms with Gasteiger partial charge < -0.3 is 10.5 Å². The molecule has 0 fully saturated rings. The van der Waals surface area contributed by atoms with Crippen LogP contribution in [0.1, 0.15) is 13.0 Å². The molecule has 0 aliphatic carbocycles. The number of nitrogens with two attached hydrogens (primary N) is 1. The van der Waals surface area contributed by atoms with E-state index in [9.17, 15) is 0 Å². The molecule has 0 bridgehead atoms. The van der Waals surface area contributed by atoms with Crippen LogP contribution in [-0.2, 0) is 4.74 Å². The molecule has 1 heterocycles. The normalized spacial score (nSPS) is 13.3. The molecule has 1 atom stereocenters. The first-order valence-corrected chi connectivity index (χ1v) is 3.39. The molecule has 0 aliphatic rings. The molecule has 1 aromatic heterocycles. The number of hydrogen-bond donors (Lipinski definition) is 1. The van der Waals surface area contributed by atoms with Gasteiger partial charge in [0.15, 0.2) is 0 Å². The Morgan fingerprint density at radius 1 is 1.82 bits per heavy atom. The van der Waals surface area contributed by atoms with E-state index < -0.39 is 0 Å². The number of rotatable bonds is 3. The molecule has 2 N–H and O–H groups in total. The van der Waals surface area contributed by atoms with Crippen LogP contribution in [0.15, 0.2) is 6.33 Å². The molecular weight excluding hydrogens is 144 g/mol. The Balaban J connectivity index is 2.60. The third-order valence-corrected chi connectivity index (χ3v) is 1.39. The maximum absolute atomic E-state index is 5.33. The Morgan fingerprint density at radius 2 is 2.55 bits per heavy atom. The Bertz CT molecular complexity index is 222. The van der Waals surface area contributed by atoms with Gasteiger partial charge in [-0.1, -0.05) is 0 Å². The lowest BCUT2D eigenvalue weighted by Crippen LogP contribution is -2.11. The molecule has 0 aliphatic heterocycles. The highest BCUT2D eigenvalue weighted by molar-refractivity contribution is 5.09. The van der Waals surface area contributed by atoms with Gasteiger partial charge >= 0.3 is 0 Å². The molecule has 0 spiro atoms. The molecule has 0 saturated heterocycles. The fraction of sp³-hybridized carbons (Fsp3) is 0.667. The molecule has 62 valence electrons. The minimum absolute atomic E-state index is 0.185. The van der Waals surface area contributed by atoms with Crippen LogP contribution in [0.4, 0.5) is 5.95 Å². The zero-order chi connectivity index (χ0) is 8.27. The van der Waals surface area contributed by atoms with E-state index in [1.165, 1.54) is 0 Å². The molecule has 1 aromatic rings. The molecule has 1 unspecified atom stereocenters. The van der Waals surface area contributed by atoms with Crippen LogP contribution in [0.2, 0.25) is 0 Å². The fourth-order valence-corrected chi connectivity index (χ4v) is 0.818. The summed E-state index contributed by atoms with van der Waals surface area (Å²) in [4.78, 5) is 3.79. The molecule has 11 heavy (non-hydrogen) atoms. The predicted octanol–water partition coefficient (Wildman–Crippen LogP) is 0.0677. The van der Waals surface area contributed by atoms with Crippen LogP contribution in [0.25, 0.3) is 0 Å². The van der Waals surface area contributed by atoms with Crippen molar-refractivity contribution in [3.63, 3.8) is 0 Å². The van der Waals surface area contributed by atoms with Crippen LogP contribution in [0.5, 0.6) is 0 Å². The molecule has 0 amide bonds. The highest BCUT2D eigenvalue weighted by Crippen LogP contribution is 2.03. The summed E-state index contributed by atoms with van der Waals surface area (Å²) in [6.45, 7) is 2.60. The van der Waals surface area contributed by atoms with Gasteiger partial charge in [0.05, 0.1) is 12.6 Å². The summed E-state index contributed by atoms with van der Waals surface area (Å²) in [6, 6.07) is 0.185. The van der Waals surface area contributed by atoms with Gasteiger partial charge in [0, 0.05) is 7.11 Å². The van der Waals surface area contributed by atoms with Gasteiger partial charge in [-0.15, -0.1) is 5.10 Å². The number of nitrogen functional groups attached to an aromatic ring is 1. The van der Waals surface area contributed by atoms with Crippen molar-refractivity contribution in [3.8, 4) is 0 Å². The lowest BCUT2D eigenvalue weighted by molar-refractivity contribution is 0.157. The Kier molecular flexibility index (Phi) is 2.43. The molecule has 5 nitrogen and oxygen atoms in total. The second-order valence-electron chi connectivity index (χ2n) is 2.39. The van der Waals surface area contributed by atoms with E-state index in [4.69, 9.17) is 10.5 Å². The van der Waals surface area contributed by atoms with Crippen LogP contribution >= 0.6 is 0 Å². The van der Waals surface area contributed by atoms with Gasteiger partial charge in [-0.05, 0) is 6.92 Å². The van der Waals surface area contributed by atoms with Crippen molar-refractivity contribution < 1.29 is 4.74 Å². The van der Waals surface area contributed by atoms with Crippen molar-refractivity contribution in [2.75, 3.05) is 19.5 Å². The van der Waals surface area contributed by atoms with Crippen molar-refractivity contribution >= 4 is 5.95 Å². The van der Waals surface area contributed by atoms with Crippen molar-refractivity contribution in [1.82, 2.24) is 14.8 Å². The third-order valence-electron chi connectivity index (χ3n) is 1.39. The largest absolute Gasteiger partial charge is 0.382 e. The second-order valence-corrected chi connectivity index (χ2v) is 2.39. The topological polar surface area (TPSA) is 66.0 Å². The molecular formula is C6H12N4O. The number of nitrogens with zero attached hydrogens (tertiary/aromatic N) is 3. The summed E-state index contributed by atoms with van der Waals surface area (Å²) in [5.74, 6) is 0.299. The molecule has 0 saturated carbocycles. The predicted molar refractivity (Wildman–Crippen MR) is 41.0 cm³/mol. The van der Waals surface area contributed by atoms with Crippen LogP contribution < -0.4 is 5.73 Å². The molecule has 1 rings (SSSR count). The lowest BCUT2D eigenvalue weighted by Gasteiger charge is -2.08. The first-order valence-electron chi connectivity index (χ1n) is 3.39. The van der Waals surface area contributed by atoms with E-state index in [1.54, 1.807) is 18.1 Å². The van der Waals surface area contributed by atoms with E-state index in [-0.39, 0.29) is 6.04 Å². The minimum Gasteiger partial charge on any atom is -0.382 e. The Labute approximate surface area is 65.2 Å². The minimum atomic E-state index is 0.185. The third kappa shape index (κ3) is 1.91. The van der Waals surface area contributed by atoms with E-state index in [2.05, 4.69) is 10.1 Å². The van der Waals surface area contributed by atoms with Crippen molar-refractivity contribution in [3.05, 3.63) is 6.33 Å². The standard InChI is InChI=1S/C6H12N4O/c1-5(3-11-2)10-4-8-6(7)9-10/h4-5H,3H2,1-2H3,(H2,7,9). The second kappa shape index (κ2) is 3.34.